The number of rotatable bonds is 4. The first-order chi connectivity index (χ1) is 9.92. The number of aromatic nitrogens is 1. The lowest BCUT2D eigenvalue weighted by Crippen LogP contribution is -2.14. The fourth-order valence-electron chi connectivity index (χ4n) is 2.04. The highest BCUT2D eigenvalue weighted by Gasteiger charge is 2.12. The summed E-state index contributed by atoms with van der Waals surface area (Å²) in [5.74, 6) is 0.0803. The first kappa shape index (κ1) is 15.0. The first-order valence-electron chi connectivity index (χ1n) is 6.44. The normalized spacial score (nSPS) is 11.1. The van der Waals surface area contributed by atoms with E-state index in [0.29, 0.717) is 16.5 Å². The van der Waals surface area contributed by atoms with Crippen molar-refractivity contribution in [1.29, 1.82) is 5.26 Å². The van der Waals surface area contributed by atoms with Crippen molar-refractivity contribution < 1.29 is 13.5 Å². The summed E-state index contributed by atoms with van der Waals surface area (Å²) >= 11 is 0. The maximum atomic E-state index is 12.2. The molecule has 2 rings (SSSR count). The van der Waals surface area contributed by atoms with Gasteiger partial charge in [0.25, 0.3) is 12.0 Å². The van der Waals surface area contributed by atoms with Gasteiger partial charge < -0.3 is 9.72 Å². The van der Waals surface area contributed by atoms with Gasteiger partial charge in [0.05, 0.1) is 11.1 Å². The van der Waals surface area contributed by atoms with Crippen LogP contribution in [0.4, 0.5) is 8.78 Å². The molecule has 0 saturated carbocycles. The van der Waals surface area contributed by atoms with Crippen molar-refractivity contribution in [3.05, 3.63) is 39.7 Å². The molecule has 0 amide bonds. The SMILES string of the molecule is CC(C)c1cc2cc(C#N)c(OCC(F)F)cc2[nH]c1=O. The minimum absolute atomic E-state index is 0.0400. The van der Waals surface area contributed by atoms with Crippen molar-refractivity contribution in [3.63, 3.8) is 0 Å². The minimum Gasteiger partial charge on any atom is -0.486 e. The zero-order valence-corrected chi connectivity index (χ0v) is 11.6. The van der Waals surface area contributed by atoms with Gasteiger partial charge in [0.2, 0.25) is 0 Å². The number of nitriles is 1. The van der Waals surface area contributed by atoms with E-state index in [0.717, 1.165) is 0 Å². The van der Waals surface area contributed by atoms with Gasteiger partial charge in [0.15, 0.2) is 0 Å². The molecule has 2 aromatic rings. The lowest BCUT2D eigenvalue weighted by atomic mass is 10.0. The number of nitrogens with one attached hydrogen (secondary N) is 1. The summed E-state index contributed by atoms with van der Waals surface area (Å²) in [6.07, 6.45) is -2.63. The fraction of sp³-hybridized carbons (Fsp3) is 0.333. The Kier molecular flexibility index (Phi) is 4.22. The predicted octanol–water partition coefficient (Wildman–Crippen LogP) is 3.17. The van der Waals surface area contributed by atoms with Crippen LogP contribution >= 0.6 is 0 Å². The second-order valence-electron chi connectivity index (χ2n) is 4.96. The van der Waals surface area contributed by atoms with E-state index < -0.39 is 13.0 Å². The van der Waals surface area contributed by atoms with Crippen molar-refractivity contribution in [3.8, 4) is 11.8 Å². The molecule has 0 aliphatic rings. The molecule has 0 spiro atoms. The average molecular weight is 292 g/mol. The molecule has 0 aliphatic carbocycles. The molecule has 1 aromatic heterocycles. The summed E-state index contributed by atoms with van der Waals surface area (Å²) < 4.78 is 29.3. The number of alkyl halides is 2. The van der Waals surface area contributed by atoms with Crippen LogP contribution in [0.15, 0.2) is 23.0 Å². The molecule has 0 aliphatic heterocycles. The third-order valence-electron chi connectivity index (χ3n) is 3.08. The topological polar surface area (TPSA) is 65.9 Å². The van der Waals surface area contributed by atoms with Crippen molar-refractivity contribution in [1.82, 2.24) is 4.98 Å². The molecule has 21 heavy (non-hydrogen) atoms. The Labute approximate surface area is 120 Å². The van der Waals surface area contributed by atoms with E-state index in [1.165, 1.54) is 12.1 Å². The van der Waals surface area contributed by atoms with Gasteiger partial charge in [-0.15, -0.1) is 0 Å². The number of hydrogen-bond donors (Lipinski definition) is 1. The molecule has 110 valence electrons. The molecule has 0 saturated heterocycles. The zero-order chi connectivity index (χ0) is 15.6. The second-order valence-corrected chi connectivity index (χ2v) is 4.96. The van der Waals surface area contributed by atoms with Gasteiger partial charge in [0.1, 0.15) is 18.4 Å². The highest BCUT2D eigenvalue weighted by Crippen LogP contribution is 2.25. The van der Waals surface area contributed by atoms with Crippen LogP contribution in [0.2, 0.25) is 0 Å². The molecule has 0 unspecified atom stereocenters. The average Bonchev–Trinajstić information content (AvgIpc) is 2.43. The van der Waals surface area contributed by atoms with Gasteiger partial charge in [0, 0.05) is 17.0 Å². The maximum absolute atomic E-state index is 12.2. The van der Waals surface area contributed by atoms with Gasteiger partial charge in [-0.1, -0.05) is 13.8 Å². The highest BCUT2D eigenvalue weighted by molar-refractivity contribution is 5.83. The monoisotopic (exact) mass is 292 g/mol. The molecule has 0 atom stereocenters. The van der Waals surface area contributed by atoms with Crippen molar-refractivity contribution >= 4 is 10.9 Å². The van der Waals surface area contributed by atoms with Crippen LogP contribution in [0, 0.1) is 11.3 Å². The molecule has 1 N–H and O–H groups in total. The number of benzene rings is 1. The Morgan fingerprint density at radius 2 is 2.05 bits per heavy atom. The van der Waals surface area contributed by atoms with Crippen molar-refractivity contribution in [2.24, 2.45) is 0 Å². The van der Waals surface area contributed by atoms with E-state index in [4.69, 9.17) is 10.00 Å². The van der Waals surface area contributed by atoms with E-state index in [-0.39, 0.29) is 22.8 Å². The van der Waals surface area contributed by atoms with Crippen LogP contribution in [0.3, 0.4) is 0 Å². The van der Waals surface area contributed by atoms with E-state index in [2.05, 4.69) is 4.98 Å². The summed E-state index contributed by atoms with van der Waals surface area (Å²) in [6.45, 7) is 2.98. The van der Waals surface area contributed by atoms with E-state index in [1.807, 2.05) is 19.9 Å². The Morgan fingerprint density at radius 3 is 2.62 bits per heavy atom. The van der Waals surface area contributed by atoms with E-state index >= 15 is 0 Å². The predicted molar refractivity (Wildman–Crippen MR) is 74.9 cm³/mol. The van der Waals surface area contributed by atoms with Gasteiger partial charge >= 0.3 is 0 Å². The molecule has 1 heterocycles. The molecule has 1 aromatic carbocycles. The molecule has 0 bridgehead atoms. The van der Waals surface area contributed by atoms with E-state index in [1.54, 1.807) is 6.07 Å². The number of nitrogens with zero attached hydrogens (tertiary/aromatic N) is 1. The maximum Gasteiger partial charge on any atom is 0.272 e. The summed E-state index contributed by atoms with van der Waals surface area (Å²) in [5, 5.41) is 9.75. The summed E-state index contributed by atoms with van der Waals surface area (Å²) in [4.78, 5) is 14.6. The summed E-state index contributed by atoms with van der Waals surface area (Å²) in [5.41, 5.74) is 0.979. The number of pyridine rings is 1. The highest BCUT2D eigenvalue weighted by atomic mass is 19.3. The second kappa shape index (κ2) is 5.92. The van der Waals surface area contributed by atoms with Crippen molar-refractivity contribution in [2.45, 2.75) is 26.2 Å². The number of halogens is 2. The van der Waals surface area contributed by atoms with Crippen LogP contribution in [0.5, 0.6) is 5.75 Å². The quantitative estimate of drug-likeness (QED) is 0.941. The molecule has 4 nitrogen and oxygen atoms in total. The number of hydrogen-bond acceptors (Lipinski definition) is 3. The fourth-order valence-corrected chi connectivity index (χ4v) is 2.04. The van der Waals surface area contributed by atoms with Crippen LogP contribution < -0.4 is 10.3 Å². The Morgan fingerprint density at radius 1 is 1.33 bits per heavy atom. The lowest BCUT2D eigenvalue weighted by Gasteiger charge is -2.10. The summed E-state index contributed by atoms with van der Waals surface area (Å²) in [7, 11) is 0. The third kappa shape index (κ3) is 3.19. The van der Waals surface area contributed by atoms with Crippen LogP contribution in [0.1, 0.15) is 30.9 Å². The number of ether oxygens (including phenoxy) is 1. The number of fused-ring (bicyclic) bond motifs is 1. The van der Waals surface area contributed by atoms with Crippen molar-refractivity contribution in [2.75, 3.05) is 6.61 Å². The van der Waals surface area contributed by atoms with Crippen LogP contribution in [-0.2, 0) is 0 Å². The van der Waals surface area contributed by atoms with Gasteiger partial charge in [-0.25, -0.2) is 8.78 Å². The first-order valence-corrected chi connectivity index (χ1v) is 6.44. The molecular weight excluding hydrogens is 278 g/mol. The standard InChI is InChI=1S/C15H14F2N2O2/c1-8(2)11-4-9-3-10(6-18)13(21-7-14(16)17)5-12(9)19-15(11)20/h3-5,8,14H,7H2,1-2H3,(H,19,20). The lowest BCUT2D eigenvalue weighted by molar-refractivity contribution is 0.0818. The number of H-pyrrole nitrogens is 1. The molecule has 6 heteroatoms. The van der Waals surface area contributed by atoms with Crippen LogP contribution in [0.25, 0.3) is 10.9 Å². The van der Waals surface area contributed by atoms with Gasteiger partial charge in [-0.05, 0) is 18.1 Å². The van der Waals surface area contributed by atoms with Crippen LogP contribution in [-0.4, -0.2) is 18.0 Å². The Bertz CT molecular complexity index is 761. The molecular formula is C15H14F2N2O2. The largest absolute Gasteiger partial charge is 0.486 e. The smallest absolute Gasteiger partial charge is 0.272 e. The summed E-state index contributed by atoms with van der Waals surface area (Å²) in [6, 6.07) is 6.55. The minimum atomic E-state index is -2.63. The Balaban J connectivity index is 2.57. The van der Waals surface area contributed by atoms with Gasteiger partial charge in [-0.2, -0.15) is 5.26 Å². The molecule has 0 radical (unpaired) electrons. The molecule has 0 fully saturated rings. The third-order valence-corrected chi connectivity index (χ3v) is 3.08. The number of aromatic amines is 1. The van der Waals surface area contributed by atoms with Gasteiger partial charge in [-0.3, -0.25) is 4.79 Å². The Hall–Kier alpha value is -2.42. The zero-order valence-electron chi connectivity index (χ0n) is 11.6. The van der Waals surface area contributed by atoms with E-state index in [9.17, 15) is 13.6 Å².